The Morgan fingerprint density at radius 1 is 0.931 bits per heavy atom. The average molecular weight is 388 g/mol. The molecule has 3 aromatic carbocycles. The van der Waals surface area contributed by atoms with E-state index in [1.54, 1.807) is 31.4 Å². The molecule has 0 bridgehead atoms. The van der Waals surface area contributed by atoms with Crippen LogP contribution in [0.15, 0.2) is 71.7 Å². The van der Waals surface area contributed by atoms with Crippen LogP contribution < -0.4 is 14.8 Å². The summed E-state index contributed by atoms with van der Waals surface area (Å²) in [5.74, 6) is 1.13. The molecular formula is C24H24N2O3. The third-order valence-corrected chi connectivity index (χ3v) is 4.48. The number of carbonyl (C=O) groups is 1. The lowest BCUT2D eigenvalue weighted by molar-refractivity contribution is -0.118. The van der Waals surface area contributed by atoms with Crippen molar-refractivity contribution in [3.05, 3.63) is 83.4 Å². The Hall–Kier alpha value is -3.60. The van der Waals surface area contributed by atoms with Gasteiger partial charge in [-0.15, -0.1) is 0 Å². The molecule has 0 aliphatic carbocycles. The molecule has 29 heavy (non-hydrogen) atoms. The molecule has 148 valence electrons. The molecule has 0 spiro atoms. The highest BCUT2D eigenvalue weighted by atomic mass is 16.5. The number of hydrogen-bond acceptors (Lipinski definition) is 4. The zero-order chi connectivity index (χ0) is 20.6. The minimum Gasteiger partial charge on any atom is -0.497 e. The van der Waals surface area contributed by atoms with Crippen molar-refractivity contribution in [3.8, 4) is 11.5 Å². The van der Waals surface area contributed by atoms with Gasteiger partial charge in [0.2, 0.25) is 0 Å². The lowest BCUT2D eigenvalue weighted by atomic mass is 10.1. The van der Waals surface area contributed by atoms with Crippen molar-refractivity contribution < 1.29 is 14.3 Å². The molecule has 0 unspecified atom stereocenters. The number of carbonyl (C=O) groups excluding carboxylic acids is 1. The van der Waals surface area contributed by atoms with Crippen LogP contribution in [0.25, 0.3) is 0 Å². The first-order valence-electron chi connectivity index (χ1n) is 9.31. The highest BCUT2D eigenvalue weighted by Crippen LogP contribution is 2.18. The van der Waals surface area contributed by atoms with Gasteiger partial charge in [0, 0.05) is 11.9 Å². The van der Waals surface area contributed by atoms with E-state index < -0.39 is 0 Å². The Morgan fingerprint density at radius 3 is 2.28 bits per heavy atom. The van der Waals surface area contributed by atoms with Crippen LogP contribution in [0, 0.1) is 13.8 Å². The molecule has 0 aliphatic rings. The van der Waals surface area contributed by atoms with Crippen LogP contribution in [0.1, 0.15) is 16.7 Å². The van der Waals surface area contributed by atoms with E-state index in [1.807, 2.05) is 36.5 Å². The van der Waals surface area contributed by atoms with Crippen molar-refractivity contribution in [3.63, 3.8) is 0 Å². The van der Waals surface area contributed by atoms with Gasteiger partial charge in [0.25, 0.3) is 5.91 Å². The number of ether oxygens (including phenoxy) is 2. The van der Waals surface area contributed by atoms with E-state index in [0.29, 0.717) is 11.4 Å². The zero-order valence-electron chi connectivity index (χ0n) is 16.8. The van der Waals surface area contributed by atoms with Gasteiger partial charge in [0.15, 0.2) is 6.61 Å². The standard InChI is InChI=1S/C24H24N2O3/c1-17-4-7-21(14-18(17)2)25-15-19-5-10-23(11-6-19)29-16-24(27)26-20-8-12-22(28-3)13-9-20/h4-15H,16H2,1-3H3,(H,26,27). The lowest BCUT2D eigenvalue weighted by Gasteiger charge is -2.08. The maximum Gasteiger partial charge on any atom is 0.262 e. The summed E-state index contributed by atoms with van der Waals surface area (Å²) in [6.07, 6.45) is 1.81. The van der Waals surface area contributed by atoms with E-state index in [2.05, 4.69) is 36.3 Å². The van der Waals surface area contributed by atoms with Crippen molar-refractivity contribution >= 4 is 23.5 Å². The fraction of sp³-hybridized carbons (Fsp3) is 0.167. The predicted octanol–water partition coefficient (Wildman–Crippen LogP) is 5.08. The first-order chi connectivity index (χ1) is 14.0. The molecule has 5 nitrogen and oxygen atoms in total. The molecule has 3 aromatic rings. The summed E-state index contributed by atoms with van der Waals surface area (Å²) < 4.78 is 10.6. The third-order valence-electron chi connectivity index (χ3n) is 4.48. The first kappa shape index (κ1) is 20.1. The Bertz CT molecular complexity index is 994. The summed E-state index contributed by atoms with van der Waals surface area (Å²) in [4.78, 5) is 16.5. The minimum atomic E-state index is -0.226. The molecule has 0 fully saturated rings. The number of nitrogens with one attached hydrogen (secondary N) is 1. The highest BCUT2D eigenvalue weighted by Gasteiger charge is 2.04. The maximum absolute atomic E-state index is 12.0. The van der Waals surface area contributed by atoms with Crippen molar-refractivity contribution in [1.82, 2.24) is 0 Å². The number of hydrogen-bond donors (Lipinski definition) is 1. The Kier molecular flexibility index (Phi) is 6.63. The molecule has 0 aliphatic heterocycles. The van der Waals surface area contributed by atoms with Crippen LogP contribution in [0.4, 0.5) is 11.4 Å². The van der Waals surface area contributed by atoms with E-state index in [4.69, 9.17) is 9.47 Å². The molecule has 0 radical (unpaired) electrons. The maximum atomic E-state index is 12.0. The van der Waals surface area contributed by atoms with Crippen LogP contribution in [-0.2, 0) is 4.79 Å². The number of benzene rings is 3. The predicted molar refractivity (Wildman–Crippen MR) is 117 cm³/mol. The second-order valence-corrected chi connectivity index (χ2v) is 6.66. The molecule has 0 heterocycles. The van der Waals surface area contributed by atoms with Crippen molar-refractivity contribution in [2.45, 2.75) is 13.8 Å². The fourth-order valence-corrected chi connectivity index (χ4v) is 2.63. The Labute approximate surface area is 171 Å². The van der Waals surface area contributed by atoms with Crippen molar-refractivity contribution in [2.24, 2.45) is 4.99 Å². The molecule has 0 atom stereocenters. The summed E-state index contributed by atoms with van der Waals surface area (Å²) in [5, 5.41) is 2.78. The number of anilines is 1. The molecule has 5 heteroatoms. The third kappa shape index (κ3) is 5.94. The largest absolute Gasteiger partial charge is 0.497 e. The van der Waals surface area contributed by atoms with Gasteiger partial charge in [0.05, 0.1) is 12.8 Å². The van der Waals surface area contributed by atoms with E-state index in [-0.39, 0.29) is 12.5 Å². The molecule has 1 N–H and O–H groups in total. The van der Waals surface area contributed by atoms with Gasteiger partial charge in [-0.2, -0.15) is 0 Å². The first-order valence-corrected chi connectivity index (χ1v) is 9.31. The summed E-state index contributed by atoms with van der Waals surface area (Å²) in [6, 6.07) is 20.7. The van der Waals surface area contributed by atoms with Crippen LogP contribution >= 0.6 is 0 Å². The van der Waals surface area contributed by atoms with Crippen LogP contribution in [0.2, 0.25) is 0 Å². The Balaban J connectivity index is 1.51. The normalized spacial score (nSPS) is 10.7. The number of rotatable bonds is 7. The second-order valence-electron chi connectivity index (χ2n) is 6.66. The van der Waals surface area contributed by atoms with Crippen LogP contribution in [0.3, 0.4) is 0 Å². The van der Waals surface area contributed by atoms with Crippen molar-refractivity contribution in [1.29, 1.82) is 0 Å². The second kappa shape index (κ2) is 9.55. The summed E-state index contributed by atoms with van der Waals surface area (Å²) in [5.41, 5.74) is 5.04. The van der Waals surface area contributed by atoms with Gasteiger partial charge in [-0.3, -0.25) is 9.79 Å². The van der Waals surface area contributed by atoms with E-state index in [1.165, 1.54) is 11.1 Å². The quantitative estimate of drug-likeness (QED) is 0.574. The lowest BCUT2D eigenvalue weighted by Crippen LogP contribution is -2.20. The SMILES string of the molecule is COc1ccc(NC(=O)COc2ccc(C=Nc3ccc(C)c(C)c3)cc2)cc1. The highest BCUT2D eigenvalue weighted by molar-refractivity contribution is 5.92. The van der Waals surface area contributed by atoms with Gasteiger partial charge in [-0.25, -0.2) is 0 Å². The molecule has 0 aromatic heterocycles. The summed E-state index contributed by atoms with van der Waals surface area (Å²) in [7, 11) is 1.60. The average Bonchev–Trinajstić information content (AvgIpc) is 2.74. The van der Waals surface area contributed by atoms with E-state index in [9.17, 15) is 4.79 Å². The van der Waals surface area contributed by atoms with Crippen molar-refractivity contribution in [2.75, 3.05) is 19.0 Å². The number of nitrogens with zero attached hydrogens (tertiary/aromatic N) is 1. The fourth-order valence-electron chi connectivity index (χ4n) is 2.63. The zero-order valence-corrected chi connectivity index (χ0v) is 16.8. The van der Waals surface area contributed by atoms with Gasteiger partial charge in [-0.1, -0.05) is 6.07 Å². The summed E-state index contributed by atoms with van der Waals surface area (Å²) in [6.45, 7) is 4.09. The van der Waals surface area contributed by atoms with E-state index >= 15 is 0 Å². The van der Waals surface area contributed by atoms with Gasteiger partial charge >= 0.3 is 0 Å². The molecule has 0 saturated heterocycles. The monoisotopic (exact) mass is 388 g/mol. The molecule has 1 amide bonds. The van der Waals surface area contributed by atoms with Crippen LogP contribution in [-0.4, -0.2) is 25.8 Å². The summed E-state index contributed by atoms with van der Waals surface area (Å²) >= 11 is 0. The Morgan fingerprint density at radius 2 is 1.62 bits per heavy atom. The molecule has 0 saturated carbocycles. The number of amides is 1. The number of aliphatic imine (C=N–C) groups is 1. The number of methoxy groups -OCH3 is 1. The minimum absolute atomic E-state index is 0.0674. The van der Waals surface area contributed by atoms with Gasteiger partial charge in [-0.05, 0) is 91.2 Å². The molecular weight excluding hydrogens is 364 g/mol. The number of aryl methyl sites for hydroxylation is 2. The molecule has 3 rings (SSSR count). The smallest absolute Gasteiger partial charge is 0.262 e. The topological polar surface area (TPSA) is 59.9 Å². The van der Waals surface area contributed by atoms with Gasteiger partial charge < -0.3 is 14.8 Å². The van der Waals surface area contributed by atoms with E-state index in [0.717, 1.165) is 17.0 Å². The van der Waals surface area contributed by atoms with Crippen LogP contribution in [0.5, 0.6) is 11.5 Å². The van der Waals surface area contributed by atoms with Gasteiger partial charge in [0.1, 0.15) is 11.5 Å².